The van der Waals surface area contributed by atoms with E-state index in [4.69, 9.17) is 0 Å². The first kappa shape index (κ1) is 14.2. The molecule has 6 heterocycles. The van der Waals surface area contributed by atoms with E-state index in [0.29, 0.717) is 0 Å². The maximum Gasteiger partial charge on any atom is 0.0551 e. The van der Waals surface area contributed by atoms with Gasteiger partial charge in [-0.3, -0.25) is 0 Å². The fraction of sp³-hybridized carbons (Fsp3) is 0. The van der Waals surface area contributed by atoms with E-state index in [1.165, 1.54) is 48.4 Å². The number of rotatable bonds is 2. The summed E-state index contributed by atoms with van der Waals surface area (Å²) in [7, 11) is 0. The molecule has 0 unspecified atom stereocenters. The fourth-order valence-electron chi connectivity index (χ4n) is 2.99. The Balaban J connectivity index is 1.67. The van der Waals surface area contributed by atoms with E-state index in [1.807, 2.05) is 68.0 Å². The molecule has 0 bridgehead atoms. The van der Waals surface area contributed by atoms with E-state index in [9.17, 15) is 0 Å². The molecule has 0 radical (unpaired) electrons. The van der Waals surface area contributed by atoms with Crippen LogP contribution in [0, 0.1) is 0 Å². The van der Waals surface area contributed by atoms with Gasteiger partial charge in [-0.15, -0.1) is 68.0 Å². The van der Waals surface area contributed by atoms with Crippen LogP contribution >= 0.6 is 68.0 Å². The minimum Gasteiger partial charge on any atom is -0.143 e. The van der Waals surface area contributed by atoms with Gasteiger partial charge in [0.05, 0.1) is 9.58 Å². The minimum atomic E-state index is 1.41. The van der Waals surface area contributed by atoms with Gasteiger partial charge in [0.2, 0.25) is 0 Å². The normalized spacial score (nSPS) is 12.2. The van der Waals surface area contributed by atoms with Crippen LogP contribution in [0.4, 0.5) is 0 Å². The highest BCUT2D eigenvalue weighted by atomic mass is 32.1. The molecule has 0 aromatic carbocycles. The summed E-state index contributed by atoms with van der Waals surface area (Å²) in [6.45, 7) is 0. The summed E-state index contributed by atoms with van der Waals surface area (Å²) in [5.41, 5.74) is 1.45. The lowest BCUT2D eigenvalue weighted by molar-refractivity contribution is 1.98. The van der Waals surface area contributed by atoms with E-state index in [0.717, 1.165) is 0 Å². The lowest BCUT2D eigenvalue weighted by atomic mass is 10.2. The molecule has 24 heavy (non-hydrogen) atoms. The molecular formula is C18H8S6. The second-order valence-electron chi connectivity index (χ2n) is 5.44. The molecule has 0 nitrogen and oxygen atoms in total. The largest absolute Gasteiger partial charge is 0.143 e. The first-order valence-electron chi connectivity index (χ1n) is 7.31. The van der Waals surface area contributed by atoms with Crippen molar-refractivity contribution in [1.29, 1.82) is 0 Å². The molecule has 6 aromatic heterocycles. The summed E-state index contributed by atoms with van der Waals surface area (Å²) in [5, 5.41) is 6.59. The quantitative estimate of drug-likeness (QED) is 0.264. The van der Waals surface area contributed by atoms with Crippen molar-refractivity contribution in [2.75, 3.05) is 0 Å². The zero-order valence-electron chi connectivity index (χ0n) is 12.1. The second kappa shape index (κ2) is 5.24. The highest BCUT2D eigenvalue weighted by Gasteiger charge is 2.20. The minimum absolute atomic E-state index is 1.41. The molecule has 0 N–H and O–H groups in total. The second-order valence-corrected chi connectivity index (χ2v) is 11.5. The Morgan fingerprint density at radius 1 is 0.542 bits per heavy atom. The van der Waals surface area contributed by atoms with Crippen LogP contribution in [-0.2, 0) is 0 Å². The van der Waals surface area contributed by atoms with E-state index in [2.05, 4.69) is 46.5 Å². The average Bonchev–Trinajstić information content (AvgIpc) is 3.31. The van der Waals surface area contributed by atoms with Gasteiger partial charge in [-0.25, -0.2) is 0 Å². The lowest BCUT2D eigenvalue weighted by Crippen LogP contribution is -1.71. The molecule has 6 aromatic rings. The van der Waals surface area contributed by atoms with Gasteiger partial charge in [0, 0.05) is 38.8 Å². The molecule has 0 aliphatic carbocycles. The maximum atomic E-state index is 2.38. The molecule has 0 amide bonds. The average molecular weight is 417 g/mol. The van der Waals surface area contributed by atoms with Crippen LogP contribution in [0.3, 0.4) is 0 Å². The van der Waals surface area contributed by atoms with Crippen molar-refractivity contribution in [2.24, 2.45) is 0 Å². The Morgan fingerprint density at radius 3 is 1.92 bits per heavy atom. The van der Waals surface area contributed by atoms with Crippen LogP contribution in [0.25, 0.3) is 48.4 Å². The smallest absolute Gasteiger partial charge is 0.0551 e. The van der Waals surface area contributed by atoms with Crippen molar-refractivity contribution in [2.45, 2.75) is 0 Å². The molecule has 0 saturated heterocycles. The lowest BCUT2D eigenvalue weighted by Gasteiger charge is -1.99. The standard InChI is InChI=1S/C18H8S6/c1-4-19-12-7-14(22-9(1)12)16-17-11(3-6-21-17)24-18(16)15-8-13-10(23-15)2-5-20-13/h1-8H. The monoisotopic (exact) mass is 416 g/mol. The Morgan fingerprint density at radius 2 is 1.17 bits per heavy atom. The highest BCUT2D eigenvalue weighted by Crippen LogP contribution is 2.52. The molecule has 0 aliphatic heterocycles. The van der Waals surface area contributed by atoms with E-state index < -0.39 is 0 Å². The van der Waals surface area contributed by atoms with Crippen LogP contribution in [0.5, 0.6) is 0 Å². The zero-order chi connectivity index (χ0) is 15.7. The Hall–Kier alpha value is -1.02. The summed E-state index contributed by atoms with van der Waals surface area (Å²) in [5.74, 6) is 0. The Labute approximate surface area is 161 Å². The van der Waals surface area contributed by atoms with Crippen molar-refractivity contribution < 1.29 is 0 Å². The Kier molecular flexibility index (Phi) is 3.09. The van der Waals surface area contributed by atoms with E-state index >= 15 is 0 Å². The topological polar surface area (TPSA) is 0 Å². The number of hydrogen-bond acceptors (Lipinski definition) is 6. The van der Waals surface area contributed by atoms with Crippen molar-refractivity contribution >= 4 is 96.2 Å². The molecule has 116 valence electrons. The molecule has 0 fully saturated rings. The van der Waals surface area contributed by atoms with Gasteiger partial charge in [0.25, 0.3) is 0 Å². The van der Waals surface area contributed by atoms with Crippen LogP contribution in [0.2, 0.25) is 0 Å². The SMILES string of the molecule is c1cc2sc(-c3sc4ccsc4c3-c3cc4sccc4s3)cc2s1. The van der Waals surface area contributed by atoms with Crippen LogP contribution in [0.15, 0.2) is 46.5 Å². The van der Waals surface area contributed by atoms with E-state index in [-0.39, 0.29) is 0 Å². The molecule has 0 saturated carbocycles. The molecule has 6 heteroatoms. The van der Waals surface area contributed by atoms with Gasteiger partial charge in [-0.2, -0.15) is 0 Å². The predicted molar refractivity (Wildman–Crippen MR) is 117 cm³/mol. The van der Waals surface area contributed by atoms with Crippen molar-refractivity contribution in [3.05, 3.63) is 46.5 Å². The summed E-state index contributed by atoms with van der Waals surface area (Å²) in [6.07, 6.45) is 0. The first-order chi connectivity index (χ1) is 11.9. The van der Waals surface area contributed by atoms with E-state index in [1.54, 1.807) is 0 Å². The summed E-state index contributed by atoms with van der Waals surface area (Å²) in [4.78, 5) is 4.27. The van der Waals surface area contributed by atoms with Gasteiger partial charge < -0.3 is 0 Å². The summed E-state index contributed by atoms with van der Waals surface area (Å²) < 4.78 is 8.49. The van der Waals surface area contributed by atoms with Crippen molar-refractivity contribution in [1.82, 2.24) is 0 Å². The van der Waals surface area contributed by atoms with Gasteiger partial charge in [0.1, 0.15) is 0 Å². The van der Waals surface area contributed by atoms with Crippen LogP contribution in [0.1, 0.15) is 0 Å². The molecule has 0 aliphatic rings. The number of hydrogen-bond donors (Lipinski definition) is 0. The number of thiophene rings is 6. The molecular weight excluding hydrogens is 409 g/mol. The molecule has 6 rings (SSSR count). The summed E-state index contributed by atoms with van der Waals surface area (Å²) >= 11 is 11.4. The fourth-order valence-corrected chi connectivity index (χ4v) is 9.89. The molecule has 0 spiro atoms. The Bertz CT molecular complexity index is 1250. The predicted octanol–water partition coefficient (Wildman–Crippen LogP) is 8.85. The molecule has 0 atom stereocenters. The third-order valence-corrected chi connectivity index (χ3v) is 10.6. The summed E-state index contributed by atoms with van der Waals surface area (Å²) in [6, 6.07) is 11.5. The van der Waals surface area contributed by atoms with Crippen molar-refractivity contribution in [3.8, 4) is 20.2 Å². The van der Waals surface area contributed by atoms with Gasteiger partial charge in [-0.05, 0) is 46.5 Å². The van der Waals surface area contributed by atoms with Crippen LogP contribution in [-0.4, -0.2) is 0 Å². The maximum absolute atomic E-state index is 2.38. The highest BCUT2D eigenvalue weighted by molar-refractivity contribution is 7.35. The third kappa shape index (κ3) is 1.98. The zero-order valence-corrected chi connectivity index (χ0v) is 17.0. The third-order valence-electron chi connectivity index (χ3n) is 4.04. The van der Waals surface area contributed by atoms with Gasteiger partial charge in [0.15, 0.2) is 0 Å². The van der Waals surface area contributed by atoms with Gasteiger partial charge in [-0.1, -0.05) is 0 Å². The number of fused-ring (bicyclic) bond motifs is 3. The van der Waals surface area contributed by atoms with Gasteiger partial charge >= 0.3 is 0 Å². The van der Waals surface area contributed by atoms with Crippen LogP contribution < -0.4 is 0 Å². The van der Waals surface area contributed by atoms with Crippen molar-refractivity contribution in [3.63, 3.8) is 0 Å². The first-order valence-corrected chi connectivity index (χ1v) is 12.4.